The van der Waals surface area contributed by atoms with Crippen LogP contribution in [-0.4, -0.2) is 23.2 Å². The van der Waals surface area contributed by atoms with Crippen LogP contribution in [0, 0.1) is 5.82 Å². The molecule has 0 saturated carbocycles. The number of hydrogen-bond donors (Lipinski definition) is 3. The molecule has 2 aliphatic rings. The van der Waals surface area contributed by atoms with Crippen molar-refractivity contribution in [3.05, 3.63) is 71.2 Å². The van der Waals surface area contributed by atoms with Crippen molar-refractivity contribution in [2.24, 2.45) is 0 Å². The fourth-order valence-corrected chi connectivity index (χ4v) is 4.17. The van der Waals surface area contributed by atoms with Gasteiger partial charge < -0.3 is 25.4 Å². The molecule has 1 aromatic heterocycles. The second-order valence-corrected chi connectivity index (χ2v) is 8.60. The Balaban J connectivity index is 1.26. The predicted molar refractivity (Wildman–Crippen MR) is 124 cm³/mol. The Morgan fingerprint density at radius 1 is 1.16 bits per heavy atom. The lowest BCUT2D eigenvalue weighted by molar-refractivity contribution is -0.137. The van der Waals surface area contributed by atoms with E-state index < -0.39 is 35.5 Å². The van der Waals surface area contributed by atoms with Crippen LogP contribution in [0.2, 0.25) is 0 Å². The Hall–Kier alpha value is -4.35. The second-order valence-electron chi connectivity index (χ2n) is 8.60. The summed E-state index contributed by atoms with van der Waals surface area (Å²) in [5, 5.41) is 7.49. The van der Waals surface area contributed by atoms with E-state index in [0.717, 1.165) is 17.2 Å². The van der Waals surface area contributed by atoms with Crippen molar-refractivity contribution in [1.82, 2.24) is 10.3 Å². The molecule has 0 radical (unpaired) electrons. The molecule has 3 amide bonds. The third-order valence-corrected chi connectivity index (χ3v) is 6.10. The van der Waals surface area contributed by atoms with Crippen LogP contribution in [0.15, 0.2) is 48.7 Å². The van der Waals surface area contributed by atoms with Crippen molar-refractivity contribution in [2.75, 3.05) is 10.6 Å². The van der Waals surface area contributed by atoms with Crippen LogP contribution in [0.5, 0.6) is 17.2 Å². The summed E-state index contributed by atoms with van der Waals surface area (Å²) in [6.45, 7) is 1.81. The molecule has 2 atom stereocenters. The SMILES string of the molecule is CC1c2cc(Oc3ccnc4c3CCC(=O)N4)ccc2O[C@H]1NC(=O)Nc1ccc(C(F)(F)F)cc1F. The third-order valence-electron chi connectivity index (χ3n) is 6.10. The molecule has 3 N–H and O–H groups in total. The summed E-state index contributed by atoms with van der Waals surface area (Å²) >= 11 is 0. The van der Waals surface area contributed by atoms with Gasteiger partial charge in [0.15, 0.2) is 6.23 Å². The number of aromatic nitrogens is 1. The molecule has 0 fully saturated rings. The van der Waals surface area contributed by atoms with E-state index in [9.17, 15) is 27.2 Å². The number of halogens is 4. The first-order valence-electron chi connectivity index (χ1n) is 11.3. The zero-order valence-electron chi connectivity index (χ0n) is 19.3. The number of pyridine rings is 1. The summed E-state index contributed by atoms with van der Waals surface area (Å²) in [4.78, 5) is 28.2. The molecule has 5 rings (SSSR count). The van der Waals surface area contributed by atoms with Crippen molar-refractivity contribution in [1.29, 1.82) is 0 Å². The molecule has 3 heterocycles. The van der Waals surface area contributed by atoms with Gasteiger partial charge in [0.05, 0.1) is 11.3 Å². The number of ether oxygens (including phenoxy) is 2. The maximum Gasteiger partial charge on any atom is 0.416 e. The van der Waals surface area contributed by atoms with Crippen LogP contribution >= 0.6 is 0 Å². The number of alkyl halides is 3. The quantitative estimate of drug-likeness (QED) is 0.394. The van der Waals surface area contributed by atoms with Crippen molar-refractivity contribution in [2.45, 2.75) is 38.1 Å². The number of nitrogens with one attached hydrogen (secondary N) is 3. The van der Waals surface area contributed by atoms with E-state index in [1.165, 1.54) is 6.20 Å². The first-order chi connectivity index (χ1) is 17.6. The lowest BCUT2D eigenvalue weighted by Gasteiger charge is -2.19. The molecule has 2 aliphatic heterocycles. The minimum Gasteiger partial charge on any atom is -0.470 e. The van der Waals surface area contributed by atoms with Crippen LogP contribution in [0.25, 0.3) is 0 Å². The van der Waals surface area contributed by atoms with E-state index >= 15 is 0 Å². The number of carbonyl (C=O) groups is 2. The Labute approximate surface area is 208 Å². The molecule has 0 aliphatic carbocycles. The molecule has 1 unspecified atom stereocenters. The molecule has 192 valence electrons. The average Bonchev–Trinajstić information content (AvgIpc) is 3.14. The van der Waals surface area contributed by atoms with Gasteiger partial charge in [0.2, 0.25) is 5.91 Å². The average molecular weight is 516 g/mol. The maximum absolute atomic E-state index is 14.1. The number of fused-ring (bicyclic) bond motifs is 2. The molecular weight excluding hydrogens is 496 g/mol. The second kappa shape index (κ2) is 9.26. The van der Waals surface area contributed by atoms with Gasteiger partial charge in [0.25, 0.3) is 0 Å². The number of rotatable bonds is 4. The highest BCUT2D eigenvalue weighted by Gasteiger charge is 2.34. The standard InChI is InChI=1S/C25H20F4N4O4/c1-12-16-11-14(36-20-8-9-30-22-15(20)4-7-21(34)32-22)3-6-19(16)37-23(12)33-24(35)31-18-5-2-13(10-17(18)26)25(27,28)29/h2-3,5-6,8-12,23H,4,7H2,1H3,(H,30,32,34)(H2,31,33,35)/t12?,23-/m1/s1. The number of nitrogens with zero attached hydrogens (tertiary/aromatic N) is 1. The van der Waals surface area contributed by atoms with Crippen LogP contribution in [-0.2, 0) is 17.4 Å². The number of urea groups is 1. The highest BCUT2D eigenvalue weighted by atomic mass is 19.4. The van der Waals surface area contributed by atoms with Gasteiger partial charge in [0, 0.05) is 29.7 Å². The highest BCUT2D eigenvalue weighted by molar-refractivity contribution is 5.93. The molecule has 0 saturated heterocycles. The van der Waals surface area contributed by atoms with Gasteiger partial charge >= 0.3 is 12.2 Å². The van der Waals surface area contributed by atoms with Gasteiger partial charge in [-0.3, -0.25) is 4.79 Å². The van der Waals surface area contributed by atoms with E-state index in [1.54, 1.807) is 24.3 Å². The molecule has 0 spiro atoms. The first-order valence-corrected chi connectivity index (χ1v) is 11.3. The van der Waals surface area contributed by atoms with E-state index in [4.69, 9.17) is 9.47 Å². The van der Waals surface area contributed by atoms with E-state index in [0.29, 0.717) is 48.0 Å². The Kier molecular flexibility index (Phi) is 6.10. The summed E-state index contributed by atoms with van der Waals surface area (Å²) in [6, 6.07) is 7.85. The van der Waals surface area contributed by atoms with Gasteiger partial charge in [-0.15, -0.1) is 0 Å². The van der Waals surface area contributed by atoms with Crippen molar-refractivity contribution in [3.8, 4) is 17.2 Å². The van der Waals surface area contributed by atoms with Crippen molar-refractivity contribution < 1.29 is 36.6 Å². The lowest BCUT2D eigenvalue weighted by atomic mass is 10.0. The minimum atomic E-state index is -4.70. The van der Waals surface area contributed by atoms with Gasteiger partial charge in [-0.05, 0) is 48.9 Å². The summed E-state index contributed by atoms with van der Waals surface area (Å²) in [6.07, 6.45) is -3.15. The largest absolute Gasteiger partial charge is 0.470 e. The molecule has 3 aromatic rings. The Morgan fingerprint density at radius 3 is 2.73 bits per heavy atom. The first kappa shape index (κ1) is 24.3. The monoisotopic (exact) mass is 516 g/mol. The molecule has 12 heteroatoms. The Bertz CT molecular complexity index is 1400. The third kappa shape index (κ3) is 4.99. The summed E-state index contributed by atoms with van der Waals surface area (Å²) in [5.41, 5.74) is -0.0197. The number of hydrogen-bond acceptors (Lipinski definition) is 5. The Morgan fingerprint density at radius 2 is 1.97 bits per heavy atom. The number of anilines is 2. The van der Waals surface area contributed by atoms with Gasteiger partial charge in [-0.1, -0.05) is 6.92 Å². The fourth-order valence-electron chi connectivity index (χ4n) is 4.17. The number of benzene rings is 2. The predicted octanol–water partition coefficient (Wildman–Crippen LogP) is 5.56. The minimum absolute atomic E-state index is 0.107. The van der Waals surface area contributed by atoms with E-state index in [-0.39, 0.29) is 11.8 Å². The van der Waals surface area contributed by atoms with Crippen molar-refractivity contribution >= 4 is 23.4 Å². The van der Waals surface area contributed by atoms with Crippen LogP contribution < -0.4 is 25.4 Å². The highest BCUT2D eigenvalue weighted by Crippen LogP contribution is 2.41. The molecule has 8 nitrogen and oxygen atoms in total. The molecular formula is C25H20F4N4O4. The zero-order chi connectivity index (χ0) is 26.3. The lowest BCUT2D eigenvalue weighted by Crippen LogP contribution is -2.42. The topological polar surface area (TPSA) is 102 Å². The van der Waals surface area contributed by atoms with Crippen LogP contribution in [0.4, 0.5) is 33.9 Å². The van der Waals surface area contributed by atoms with Gasteiger partial charge in [0.1, 0.15) is 28.9 Å². The molecule has 2 aromatic carbocycles. The summed E-state index contributed by atoms with van der Waals surface area (Å²) < 4.78 is 64.1. The zero-order valence-corrected chi connectivity index (χ0v) is 19.3. The van der Waals surface area contributed by atoms with E-state index in [2.05, 4.69) is 20.9 Å². The van der Waals surface area contributed by atoms with Crippen LogP contribution in [0.3, 0.4) is 0 Å². The maximum atomic E-state index is 14.1. The smallest absolute Gasteiger partial charge is 0.416 e. The normalized spacial score (nSPS) is 18.2. The van der Waals surface area contributed by atoms with Crippen LogP contribution in [0.1, 0.15) is 36.0 Å². The van der Waals surface area contributed by atoms with Gasteiger partial charge in [-0.2, -0.15) is 13.2 Å². The fraction of sp³-hybridized carbons (Fsp3) is 0.240. The molecule has 37 heavy (non-hydrogen) atoms. The number of amides is 3. The summed E-state index contributed by atoms with van der Waals surface area (Å²) in [5.74, 6) is 0.395. The van der Waals surface area contributed by atoms with E-state index in [1.807, 2.05) is 6.92 Å². The van der Waals surface area contributed by atoms with Gasteiger partial charge in [-0.25, -0.2) is 14.2 Å². The van der Waals surface area contributed by atoms with Crippen molar-refractivity contribution in [3.63, 3.8) is 0 Å². The molecule has 0 bridgehead atoms. The summed E-state index contributed by atoms with van der Waals surface area (Å²) in [7, 11) is 0. The number of carbonyl (C=O) groups excluding carboxylic acids is 2.